The van der Waals surface area contributed by atoms with Crippen molar-refractivity contribution in [3.8, 4) is 0 Å². The van der Waals surface area contributed by atoms with Gasteiger partial charge in [-0.05, 0) is 50.1 Å². The quantitative estimate of drug-likeness (QED) is 0.862. The predicted octanol–water partition coefficient (Wildman–Crippen LogP) is 4.33. The van der Waals surface area contributed by atoms with Crippen molar-refractivity contribution in [2.75, 3.05) is 5.32 Å². The monoisotopic (exact) mass is 348 g/mol. The average molecular weight is 349 g/mol. The van der Waals surface area contributed by atoms with Crippen LogP contribution in [0.2, 0.25) is 0 Å². The summed E-state index contributed by atoms with van der Waals surface area (Å²) < 4.78 is 1.01. The number of aromatic nitrogens is 1. The van der Waals surface area contributed by atoms with E-state index in [0.29, 0.717) is 11.4 Å². The van der Waals surface area contributed by atoms with E-state index >= 15 is 0 Å². The summed E-state index contributed by atoms with van der Waals surface area (Å²) in [6.45, 7) is 5.62. The first-order chi connectivity index (χ1) is 9.88. The highest BCUT2D eigenvalue weighted by molar-refractivity contribution is 9.10. The number of anilines is 1. The Kier molecular flexibility index (Phi) is 4.63. The molecular formula is C16H17BrN2O2. The van der Waals surface area contributed by atoms with Crippen LogP contribution in [0.25, 0.3) is 0 Å². The van der Waals surface area contributed by atoms with Crippen LogP contribution in [0.1, 0.15) is 40.1 Å². The van der Waals surface area contributed by atoms with Gasteiger partial charge >= 0.3 is 5.97 Å². The molecule has 0 aliphatic carbocycles. The highest BCUT2D eigenvalue weighted by Crippen LogP contribution is 2.24. The summed E-state index contributed by atoms with van der Waals surface area (Å²) in [5, 5.41) is 12.6. The second-order valence-electron chi connectivity index (χ2n) is 5.03. The molecule has 2 rings (SSSR count). The van der Waals surface area contributed by atoms with Gasteiger partial charge in [0.05, 0.1) is 0 Å². The number of rotatable bonds is 4. The van der Waals surface area contributed by atoms with E-state index in [-0.39, 0.29) is 11.6 Å². The van der Waals surface area contributed by atoms with E-state index in [9.17, 15) is 9.90 Å². The van der Waals surface area contributed by atoms with E-state index in [4.69, 9.17) is 0 Å². The second kappa shape index (κ2) is 6.26. The number of carboxylic acids is 1. The Bertz CT molecular complexity index is 669. The number of hydrogen-bond acceptors (Lipinski definition) is 3. The molecule has 0 aliphatic heterocycles. The summed E-state index contributed by atoms with van der Waals surface area (Å²) in [6, 6.07) is 9.64. The molecule has 0 aliphatic rings. The minimum atomic E-state index is -0.967. The van der Waals surface area contributed by atoms with E-state index in [2.05, 4.69) is 26.2 Å². The molecule has 0 spiro atoms. The van der Waals surface area contributed by atoms with Crippen LogP contribution < -0.4 is 5.32 Å². The molecule has 0 fully saturated rings. The van der Waals surface area contributed by atoms with Crippen molar-refractivity contribution in [3.63, 3.8) is 0 Å². The van der Waals surface area contributed by atoms with Crippen LogP contribution in [-0.4, -0.2) is 16.1 Å². The maximum atomic E-state index is 11.4. The lowest BCUT2D eigenvalue weighted by atomic mass is 10.1. The van der Waals surface area contributed by atoms with E-state index < -0.39 is 5.97 Å². The molecule has 1 atom stereocenters. The van der Waals surface area contributed by atoms with Gasteiger partial charge in [-0.2, -0.15) is 0 Å². The van der Waals surface area contributed by atoms with Crippen molar-refractivity contribution in [1.29, 1.82) is 0 Å². The molecule has 1 heterocycles. The molecule has 4 nitrogen and oxygen atoms in total. The lowest BCUT2D eigenvalue weighted by Crippen LogP contribution is -2.14. The third-order valence-corrected chi connectivity index (χ3v) is 3.81. The van der Waals surface area contributed by atoms with Gasteiger partial charge < -0.3 is 10.4 Å². The number of nitrogens with zero attached hydrogens (tertiary/aromatic N) is 1. The number of aryl methyl sites for hydroxylation is 2. The van der Waals surface area contributed by atoms with Crippen molar-refractivity contribution in [2.45, 2.75) is 26.8 Å². The molecule has 110 valence electrons. The van der Waals surface area contributed by atoms with E-state index in [1.807, 2.05) is 38.1 Å². The molecule has 1 aromatic heterocycles. The zero-order valence-corrected chi connectivity index (χ0v) is 13.7. The molecule has 0 amide bonds. The van der Waals surface area contributed by atoms with Crippen molar-refractivity contribution in [2.24, 2.45) is 0 Å². The Hall–Kier alpha value is -1.88. The lowest BCUT2D eigenvalue weighted by Gasteiger charge is -2.18. The van der Waals surface area contributed by atoms with Gasteiger partial charge in [0.15, 0.2) is 0 Å². The maximum absolute atomic E-state index is 11.4. The standard InChI is InChI=1S/C16H17BrN2O2/c1-9-8-10(2)18-15(14(9)16(20)21)19-11(3)12-4-6-13(17)7-5-12/h4-8,11H,1-3H3,(H,18,19)(H,20,21). The van der Waals surface area contributed by atoms with Crippen LogP contribution in [-0.2, 0) is 0 Å². The Labute approximate surface area is 132 Å². The van der Waals surface area contributed by atoms with Crippen molar-refractivity contribution in [3.05, 3.63) is 57.2 Å². The second-order valence-corrected chi connectivity index (χ2v) is 5.94. The first-order valence-electron chi connectivity index (χ1n) is 6.62. The van der Waals surface area contributed by atoms with Gasteiger partial charge in [0.25, 0.3) is 0 Å². The van der Waals surface area contributed by atoms with Crippen molar-refractivity contribution >= 4 is 27.7 Å². The van der Waals surface area contributed by atoms with Gasteiger partial charge in [0, 0.05) is 16.2 Å². The minimum Gasteiger partial charge on any atom is -0.478 e. The minimum absolute atomic E-state index is 0.0371. The number of benzene rings is 1. The normalized spacial score (nSPS) is 12.0. The summed E-state index contributed by atoms with van der Waals surface area (Å²) >= 11 is 3.40. The van der Waals surface area contributed by atoms with Crippen LogP contribution in [0.4, 0.5) is 5.82 Å². The van der Waals surface area contributed by atoms with Crippen LogP contribution in [0, 0.1) is 13.8 Å². The smallest absolute Gasteiger partial charge is 0.339 e. The zero-order valence-electron chi connectivity index (χ0n) is 12.1. The van der Waals surface area contributed by atoms with Gasteiger partial charge in [0.1, 0.15) is 11.4 Å². The fourth-order valence-electron chi connectivity index (χ4n) is 2.25. The molecule has 0 saturated carbocycles. The van der Waals surface area contributed by atoms with Crippen LogP contribution in [0.5, 0.6) is 0 Å². The molecule has 1 unspecified atom stereocenters. The zero-order chi connectivity index (χ0) is 15.6. The van der Waals surface area contributed by atoms with Crippen molar-refractivity contribution in [1.82, 2.24) is 4.98 Å². The number of carbonyl (C=O) groups is 1. The fraction of sp³-hybridized carbons (Fsp3) is 0.250. The van der Waals surface area contributed by atoms with E-state index in [1.165, 1.54) is 0 Å². The van der Waals surface area contributed by atoms with Crippen LogP contribution in [0.15, 0.2) is 34.8 Å². The first kappa shape index (κ1) is 15.5. The maximum Gasteiger partial charge on any atom is 0.339 e. The number of halogens is 1. The largest absolute Gasteiger partial charge is 0.478 e. The molecule has 5 heteroatoms. The molecule has 0 bridgehead atoms. The Balaban J connectivity index is 2.34. The highest BCUT2D eigenvalue weighted by Gasteiger charge is 2.17. The summed E-state index contributed by atoms with van der Waals surface area (Å²) in [5.41, 5.74) is 2.79. The number of pyridine rings is 1. The van der Waals surface area contributed by atoms with Crippen LogP contribution in [0.3, 0.4) is 0 Å². The highest BCUT2D eigenvalue weighted by atomic mass is 79.9. The summed E-state index contributed by atoms with van der Waals surface area (Å²) in [6.07, 6.45) is 0. The molecule has 2 aromatic rings. The Morgan fingerprint density at radius 1 is 1.29 bits per heavy atom. The van der Waals surface area contributed by atoms with Crippen molar-refractivity contribution < 1.29 is 9.90 Å². The molecule has 21 heavy (non-hydrogen) atoms. The van der Waals surface area contributed by atoms with Gasteiger partial charge in [-0.1, -0.05) is 28.1 Å². The third kappa shape index (κ3) is 3.61. The summed E-state index contributed by atoms with van der Waals surface area (Å²) in [5.74, 6) is -0.555. The molecular weight excluding hydrogens is 332 g/mol. The first-order valence-corrected chi connectivity index (χ1v) is 7.41. The topological polar surface area (TPSA) is 62.2 Å². The van der Waals surface area contributed by atoms with E-state index in [1.54, 1.807) is 13.0 Å². The SMILES string of the molecule is Cc1cc(C)c(C(=O)O)c(NC(C)c2ccc(Br)cc2)n1. The number of aromatic carboxylic acids is 1. The average Bonchev–Trinajstić information content (AvgIpc) is 2.37. The Morgan fingerprint density at radius 2 is 1.90 bits per heavy atom. The summed E-state index contributed by atoms with van der Waals surface area (Å²) in [7, 11) is 0. The predicted molar refractivity (Wildman–Crippen MR) is 86.9 cm³/mol. The van der Waals surface area contributed by atoms with E-state index in [0.717, 1.165) is 15.7 Å². The van der Waals surface area contributed by atoms with Gasteiger partial charge in [-0.15, -0.1) is 0 Å². The number of hydrogen-bond donors (Lipinski definition) is 2. The molecule has 0 saturated heterocycles. The molecule has 1 aromatic carbocycles. The summed E-state index contributed by atoms with van der Waals surface area (Å²) in [4.78, 5) is 15.8. The van der Waals surface area contributed by atoms with Gasteiger partial charge in [0.2, 0.25) is 0 Å². The lowest BCUT2D eigenvalue weighted by molar-refractivity contribution is 0.0696. The Morgan fingerprint density at radius 3 is 2.48 bits per heavy atom. The van der Waals surface area contributed by atoms with Gasteiger partial charge in [-0.25, -0.2) is 9.78 Å². The number of nitrogens with one attached hydrogen (secondary N) is 1. The third-order valence-electron chi connectivity index (χ3n) is 3.28. The fourth-order valence-corrected chi connectivity index (χ4v) is 2.52. The van der Waals surface area contributed by atoms with Crippen LogP contribution >= 0.6 is 15.9 Å². The molecule has 2 N–H and O–H groups in total. The van der Waals surface area contributed by atoms with Gasteiger partial charge in [-0.3, -0.25) is 0 Å². The number of carboxylic acid groups (broad SMARTS) is 1. The molecule has 0 radical (unpaired) electrons.